The highest BCUT2D eigenvalue weighted by Crippen LogP contribution is 2.19. The van der Waals surface area contributed by atoms with Gasteiger partial charge in [-0.15, -0.1) is 0 Å². The van der Waals surface area contributed by atoms with Gasteiger partial charge in [0, 0.05) is 31.5 Å². The molecule has 0 aliphatic carbocycles. The third-order valence-corrected chi connectivity index (χ3v) is 3.62. The van der Waals surface area contributed by atoms with Crippen LogP contribution in [0.1, 0.15) is 11.1 Å². The number of rotatable bonds is 9. The van der Waals surface area contributed by atoms with Crippen molar-refractivity contribution < 1.29 is 14.3 Å². The summed E-state index contributed by atoms with van der Waals surface area (Å²) in [6, 6.07) is 15.8. The summed E-state index contributed by atoms with van der Waals surface area (Å²) in [4.78, 5) is 11.8. The van der Waals surface area contributed by atoms with Gasteiger partial charge in [0.25, 0.3) is 0 Å². The Labute approximate surface area is 143 Å². The first-order valence-electron chi connectivity index (χ1n) is 7.93. The summed E-state index contributed by atoms with van der Waals surface area (Å²) >= 11 is 0. The molecule has 5 nitrogen and oxygen atoms in total. The number of nitrogens with one attached hydrogen (secondary N) is 2. The molecule has 24 heavy (non-hydrogen) atoms. The fourth-order valence-corrected chi connectivity index (χ4v) is 2.33. The van der Waals surface area contributed by atoms with Gasteiger partial charge in [-0.2, -0.15) is 0 Å². The summed E-state index contributed by atoms with van der Waals surface area (Å²) in [5.74, 6) is 0.871. The molecule has 0 fully saturated rings. The van der Waals surface area contributed by atoms with E-state index in [1.165, 1.54) is 0 Å². The predicted octanol–water partition coefficient (Wildman–Crippen LogP) is 2.61. The number of hydrogen-bond donors (Lipinski definition) is 2. The number of ether oxygens (including phenoxy) is 2. The van der Waals surface area contributed by atoms with Crippen molar-refractivity contribution in [2.45, 2.75) is 13.0 Å². The maximum Gasteiger partial charge on any atom is 0.224 e. The van der Waals surface area contributed by atoms with Gasteiger partial charge in [0.1, 0.15) is 5.75 Å². The minimum Gasteiger partial charge on any atom is -0.496 e. The van der Waals surface area contributed by atoms with E-state index < -0.39 is 0 Å². The van der Waals surface area contributed by atoms with Gasteiger partial charge in [0.2, 0.25) is 5.91 Å². The van der Waals surface area contributed by atoms with Crippen LogP contribution in [0.5, 0.6) is 5.75 Å². The standard InChI is InChI=1S/C19H24N2O3/c1-23-12-11-20-19(22)13-15-7-9-17(10-8-15)21-14-16-5-3-4-6-18(16)24-2/h3-10,21H,11-14H2,1-2H3,(H,20,22). The number of methoxy groups -OCH3 is 2. The largest absolute Gasteiger partial charge is 0.496 e. The molecule has 0 heterocycles. The molecule has 0 spiro atoms. The zero-order valence-corrected chi connectivity index (χ0v) is 14.2. The lowest BCUT2D eigenvalue weighted by atomic mass is 10.1. The van der Waals surface area contributed by atoms with Gasteiger partial charge in [-0.1, -0.05) is 30.3 Å². The molecular weight excluding hydrogens is 304 g/mol. The number of para-hydroxylation sites is 1. The van der Waals surface area contributed by atoms with E-state index in [2.05, 4.69) is 10.6 Å². The quantitative estimate of drug-likeness (QED) is 0.695. The van der Waals surface area contributed by atoms with Gasteiger partial charge >= 0.3 is 0 Å². The van der Waals surface area contributed by atoms with Crippen molar-refractivity contribution in [2.75, 3.05) is 32.7 Å². The summed E-state index contributed by atoms with van der Waals surface area (Å²) in [6.07, 6.45) is 0.372. The molecule has 2 aromatic carbocycles. The third kappa shape index (κ3) is 5.59. The highest BCUT2D eigenvalue weighted by molar-refractivity contribution is 5.78. The summed E-state index contributed by atoms with van der Waals surface area (Å²) in [5, 5.41) is 6.17. The van der Waals surface area contributed by atoms with Crippen molar-refractivity contribution in [3.05, 3.63) is 59.7 Å². The Morgan fingerprint density at radius 3 is 2.50 bits per heavy atom. The van der Waals surface area contributed by atoms with Gasteiger partial charge in [0.15, 0.2) is 0 Å². The first kappa shape index (κ1) is 17.8. The van der Waals surface area contributed by atoms with Crippen molar-refractivity contribution >= 4 is 11.6 Å². The summed E-state index contributed by atoms with van der Waals surface area (Å²) in [5.41, 5.74) is 3.08. The molecule has 128 valence electrons. The van der Waals surface area contributed by atoms with Crippen molar-refractivity contribution in [3.63, 3.8) is 0 Å². The van der Waals surface area contributed by atoms with Gasteiger partial charge in [-0.05, 0) is 23.8 Å². The number of hydrogen-bond acceptors (Lipinski definition) is 4. The van der Waals surface area contributed by atoms with Crippen molar-refractivity contribution in [1.29, 1.82) is 0 Å². The smallest absolute Gasteiger partial charge is 0.224 e. The van der Waals surface area contributed by atoms with Crippen LogP contribution in [0.3, 0.4) is 0 Å². The van der Waals surface area contributed by atoms with Crippen LogP contribution in [0.4, 0.5) is 5.69 Å². The van der Waals surface area contributed by atoms with Gasteiger partial charge < -0.3 is 20.1 Å². The zero-order chi connectivity index (χ0) is 17.2. The molecule has 0 saturated heterocycles. The normalized spacial score (nSPS) is 10.2. The van der Waals surface area contributed by atoms with Crippen LogP contribution in [-0.2, 0) is 22.5 Å². The lowest BCUT2D eigenvalue weighted by Crippen LogP contribution is -2.28. The Morgan fingerprint density at radius 2 is 1.79 bits per heavy atom. The summed E-state index contributed by atoms with van der Waals surface area (Å²) in [6.45, 7) is 1.74. The van der Waals surface area contributed by atoms with Crippen LogP contribution in [-0.4, -0.2) is 33.3 Å². The molecule has 0 atom stereocenters. The van der Waals surface area contributed by atoms with E-state index in [1.54, 1.807) is 14.2 Å². The lowest BCUT2D eigenvalue weighted by Gasteiger charge is -2.11. The molecule has 0 bridgehead atoms. The molecular formula is C19H24N2O3. The van der Waals surface area contributed by atoms with Crippen molar-refractivity contribution in [3.8, 4) is 5.75 Å². The minimum absolute atomic E-state index is 0.00165. The van der Waals surface area contributed by atoms with E-state index in [0.717, 1.165) is 22.6 Å². The Balaban J connectivity index is 1.84. The average molecular weight is 328 g/mol. The number of carbonyl (C=O) groups excluding carboxylic acids is 1. The van der Waals surface area contributed by atoms with E-state index >= 15 is 0 Å². The third-order valence-electron chi connectivity index (χ3n) is 3.62. The molecule has 0 aliphatic rings. The lowest BCUT2D eigenvalue weighted by molar-refractivity contribution is -0.120. The van der Waals surface area contributed by atoms with E-state index in [1.807, 2.05) is 48.5 Å². The minimum atomic E-state index is 0.00165. The van der Waals surface area contributed by atoms with E-state index in [9.17, 15) is 4.79 Å². The van der Waals surface area contributed by atoms with Crippen LogP contribution in [0, 0.1) is 0 Å². The molecule has 1 amide bonds. The van der Waals surface area contributed by atoms with Gasteiger partial charge in [0.05, 0.1) is 20.1 Å². The van der Waals surface area contributed by atoms with Crippen LogP contribution in [0.25, 0.3) is 0 Å². The molecule has 2 rings (SSSR count). The van der Waals surface area contributed by atoms with E-state index in [0.29, 0.717) is 26.1 Å². The van der Waals surface area contributed by atoms with Crippen LogP contribution < -0.4 is 15.4 Å². The molecule has 5 heteroatoms. The molecule has 0 aromatic heterocycles. The molecule has 2 N–H and O–H groups in total. The van der Waals surface area contributed by atoms with Gasteiger partial charge in [-0.25, -0.2) is 0 Å². The predicted molar refractivity (Wildman–Crippen MR) is 95.4 cm³/mol. The average Bonchev–Trinajstić information content (AvgIpc) is 2.61. The SMILES string of the molecule is COCCNC(=O)Cc1ccc(NCc2ccccc2OC)cc1. The summed E-state index contributed by atoms with van der Waals surface area (Å²) < 4.78 is 10.2. The van der Waals surface area contributed by atoms with Crippen molar-refractivity contribution in [2.24, 2.45) is 0 Å². The fourth-order valence-electron chi connectivity index (χ4n) is 2.33. The monoisotopic (exact) mass is 328 g/mol. The second kappa shape index (κ2) is 9.57. The highest BCUT2D eigenvalue weighted by atomic mass is 16.5. The van der Waals surface area contributed by atoms with Crippen LogP contribution in [0.15, 0.2) is 48.5 Å². The summed E-state index contributed by atoms with van der Waals surface area (Å²) in [7, 11) is 3.29. The second-order valence-corrected chi connectivity index (χ2v) is 5.38. The number of anilines is 1. The number of amides is 1. The van der Waals surface area contributed by atoms with E-state index in [-0.39, 0.29) is 5.91 Å². The molecule has 0 radical (unpaired) electrons. The maximum atomic E-state index is 11.8. The number of benzene rings is 2. The van der Waals surface area contributed by atoms with Crippen LogP contribution >= 0.6 is 0 Å². The maximum absolute atomic E-state index is 11.8. The van der Waals surface area contributed by atoms with Crippen molar-refractivity contribution in [1.82, 2.24) is 5.32 Å². The first-order valence-corrected chi connectivity index (χ1v) is 7.93. The molecule has 0 saturated carbocycles. The number of carbonyl (C=O) groups is 1. The first-order chi connectivity index (χ1) is 11.7. The second-order valence-electron chi connectivity index (χ2n) is 5.38. The molecule has 0 aliphatic heterocycles. The Bertz CT molecular complexity index is 641. The topological polar surface area (TPSA) is 59.6 Å². The fraction of sp³-hybridized carbons (Fsp3) is 0.316. The van der Waals surface area contributed by atoms with E-state index in [4.69, 9.17) is 9.47 Å². The van der Waals surface area contributed by atoms with Crippen LogP contribution in [0.2, 0.25) is 0 Å². The van der Waals surface area contributed by atoms with Gasteiger partial charge in [-0.3, -0.25) is 4.79 Å². The molecule has 2 aromatic rings. The zero-order valence-electron chi connectivity index (χ0n) is 14.2. The Kier molecular flexibility index (Phi) is 7.11. The Hall–Kier alpha value is -2.53. The Morgan fingerprint density at radius 1 is 1.04 bits per heavy atom. The molecule has 0 unspecified atom stereocenters. The highest BCUT2D eigenvalue weighted by Gasteiger charge is 2.04.